The number of rotatable bonds is 2. The summed E-state index contributed by atoms with van der Waals surface area (Å²) >= 11 is 0. The first-order chi connectivity index (χ1) is 3.18. The van der Waals surface area contributed by atoms with Crippen molar-refractivity contribution in [2.24, 2.45) is 0 Å². The van der Waals surface area contributed by atoms with Gasteiger partial charge in [-0.15, -0.1) is 0 Å². The van der Waals surface area contributed by atoms with Crippen molar-refractivity contribution >= 4 is 12.3 Å². The number of hydrogen-bond donors (Lipinski definition) is 1. The molecule has 0 atom stereocenters. The molecule has 0 unspecified atom stereocenters. The molecular formula is C4H3O3. The summed E-state index contributed by atoms with van der Waals surface area (Å²) in [7, 11) is 0. The Morgan fingerprint density at radius 1 is 1.71 bits per heavy atom. The van der Waals surface area contributed by atoms with Crippen LogP contribution in [-0.4, -0.2) is 17.4 Å². The first-order valence-corrected chi connectivity index (χ1v) is 1.49. The quantitative estimate of drug-likeness (QED) is 0.294. The van der Waals surface area contributed by atoms with Crippen LogP contribution in [0.15, 0.2) is 12.2 Å². The predicted octanol–water partition coefficient (Wildman–Crippen LogP) is -0.263. The maximum Gasteiger partial charge on any atom is 0.339 e. The van der Waals surface area contributed by atoms with Crippen LogP contribution in [0.25, 0.3) is 0 Å². The molecule has 0 saturated heterocycles. The van der Waals surface area contributed by atoms with Crippen molar-refractivity contribution in [2.75, 3.05) is 0 Å². The summed E-state index contributed by atoms with van der Waals surface area (Å²) in [4.78, 5) is 18.9. The van der Waals surface area contributed by atoms with Crippen LogP contribution in [0.1, 0.15) is 0 Å². The number of hydrogen-bond acceptors (Lipinski definition) is 2. The zero-order valence-electron chi connectivity index (χ0n) is 3.47. The third kappa shape index (κ3) is 1.70. The first kappa shape index (κ1) is 5.88. The lowest BCUT2D eigenvalue weighted by Gasteiger charge is -1.77. The fourth-order valence-corrected chi connectivity index (χ4v) is 0.0437. The van der Waals surface area contributed by atoms with Gasteiger partial charge in [-0.2, -0.15) is 0 Å². The second kappa shape index (κ2) is 2.12. The smallest absolute Gasteiger partial charge is 0.339 e. The molecule has 0 amide bonds. The SMILES string of the molecule is C=C([C]=O)C(=O)O. The minimum atomic E-state index is -1.32. The van der Waals surface area contributed by atoms with Gasteiger partial charge < -0.3 is 5.11 Å². The van der Waals surface area contributed by atoms with Crippen molar-refractivity contribution in [2.45, 2.75) is 0 Å². The molecular weight excluding hydrogens is 96.0 g/mol. The molecule has 3 nitrogen and oxygen atoms in total. The average Bonchev–Trinajstić information content (AvgIpc) is 1.65. The maximum absolute atomic E-state index is 9.57. The Balaban J connectivity index is 3.81. The van der Waals surface area contributed by atoms with Gasteiger partial charge in [-0.25, -0.2) is 4.79 Å². The van der Waals surface area contributed by atoms with E-state index in [0.717, 1.165) is 6.29 Å². The molecule has 37 valence electrons. The van der Waals surface area contributed by atoms with Gasteiger partial charge in [0.15, 0.2) is 0 Å². The molecule has 0 saturated carbocycles. The Kier molecular flexibility index (Phi) is 1.78. The Morgan fingerprint density at radius 2 is 2.14 bits per heavy atom. The van der Waals surface area contributed by atoms with Crippen molar-refractivity contribution in [3.8, 4) is 0 Å². The summed E-state index contributed by atoms with van der Waals surface area (Å²) in [6, 6.07) is 0. The highest BCUT2D eigenvalue weighted by molar-refractivity contribution is 6.06. The van der Waals surface area contributed by atoms with Crippen molar-refractivity contribution in [3.63, 3.8) is 0 Å². The van der Waals surface area contributed by atoms with Crippen LogP contribution in [0, 0.1) is 0 Å². The summed E-state index contributed by atoms with van der Waals surface area (Å²) in [6.07, 6.45) is 1.12. The van der Waals surface area contributed by atoms with Gasteiger partial charge in [0.05, 0.1) is 0 Å². The lowest BCUT2D eigenvalue weighted by atomic mass is 10.4. The fraction of sp³-hybridized carbons (Fsp3) is 0. The molecule has 0 aromatic rings. The summed E-state index contributed by atoms with van der Waals surface area (Å²) in [5.74, 6) is -1.32. The van der Waals surface area contributed by atoms with Gasteiger partial charge in [0.25, 0.3) is 0 Å². The van der Waals surface area contributed by atoms with Gasteiger partial charge in [0.1, 0.15) is 5.57 Å². The highest BCUT2D eigenvalue weighted by atomic mass is 16.4. The second-order valence-corrected chi connectivity index (χ2v) is 0.886. The molecule has 0 bridgehead atoms. The van der Waals surface area contributed by atoms with Crippen LogP contribution in [0.3, 0.4) is 0 Å². The molecule has 0 aliphatic rings. The lowest BCUT2D eigenvalue weighted by molar-refractivity contribution is -0.132. The largest absolute Gasteiger partial charge is 0.478 e. The molecule has 1 radical (unpaired) electrons. The van der Waals surface area contributed by atoms with E-state index in [1.807, 2.05) is 0 Å². The summed E-state index contributed by atoms with van der Waals surface area (Å²) < 4.78 is 0. The van der Waals surface area contributed by atoms with Gasteiger partial charge in [0.2, 0.25) is 6.29 Å². The molecule has 0 aromatic carbocycles. The fourth-order valence-electron chi connectivity index (χ4n) is 0.0437. The van der Waals surface area contributed by atoms with Crippen molar-refractivity contribution < 1.29 is 14.7 Å². The number of carbonyl (C=O) groups excluding carboxylic acids is 1. The number of aliphatic carboxylic acids is 1. The minimum Gasteiger partial charge on any atom is -0.478 e. The van der Waals surface area contributed by atoms with Gasteiger partial charge in [0, 0.05) is 0 Å². The maximum atomic E-state index is 9.57. The highest BCUT2D eigenvalue weighted by Gasteiger charge is 1.99. The van der Waals surface area contributed by atoms with E-state index in [0.29, 0.717) is 0 Å². The molecule has 3 heteroatoms. The minimum absolute atomic E-state index is 0.542. The zero-order chi connectivity index (χ0) is 5.86. The topological polar surface area (TPSA) is 54.4 Å². The molecule has 0 rings (SSSR count). The van der Waals surface area contributed by atoms with E-state index >= 15 is 0 Å². The average molecular weight is 99.1 g/mol. The summed E-state index contributed by atoms with van der Waals surface area (Å²) in [5.41, 5.74) is -0.542. The van der Waals surface area contributed by atoms with E-state index in [1.54, 1.807) is 0 Å². The van der Waals surface area contributed by atoms with Crippen LogP contribution in [0.2, 0.25) is 0 Å². The van der Waals surface area contributed by atoms with E-state index in [2.05, 4.69) is 6.58 Å². The van der Waals surface area contributed by atoms with Crippen LogP contribution in [0.5, 0.6) is 0 Å². The molecule has 1 N–H and O–H groups in total. The number of carboxylic acid groups (broad SMARTS) is 1. The molecule has 0 heterocycles. The third-order valence-corrected chi connectivity index (χ3v) is 0.381. The molecule has 7 heavy (non-hydrogen) atoms. The Labute approximate surface area is 40.3 Å². The number of carboxylic acids is 1. The van der Waals surface area contributed by atoms with E-state index in [1.165, 1.54) is 0 Å². The molecule has 0 aliphatic carbocycles. The van der Waals surface area contributed by atoms with Gasteiger partial charge in [-0.3, -0.25) is 4.79 Å². The van der Waals surface area contributed by atoms with Gasteiger partial charge >= 0.3 is 5.97 Å². The lowest BCUT2D eigenvalue weighted by Crippen LogP contribution is -1.98. The summed E-state index contributed by atoms with van der Waals surface area (Å²) in [5, 5.41) is 7.82. The van der Waals surface area contributed by atoms with E-state index < -0.39 is 11.5 Å². The van der Waals surface area contributed by atoms with Crippen molar-refractivity contribution in [3.05, 3.63) is 12.2 Å². The predicted molar refractivity (Wildman–Crippen MR) is 22.5 cm³/mol. The van der Waals surface area contributed by atoms with Crippen LogP contribution < -0.4 is 0 Å². The molecule has 0 fully saturated rings. The highest BCUT2D eigenvalue weighted by Crippen LogP contribution is 1.78. The first-order valence-electron chi connectivity index (χ1n) is 1.49. The van der Waals surface area contributed by atoms with Crippen LogP contribution in [0.4, 0.5) is 0 Å². The standard InChI is InChI=1S/C4H3O3/c1-3(2-5)4(6)7/h1H2,(H,6,7). The normalized spacial score (nSPS) is 7.43. The monoisotopic (exact) mass is 99.0 g/mol. The third-order valence-electron chi connectivity index (χ3n) is 0.381. The molecule has 0 aliphatic heterocycles. The number of carbonyl (C=O) groups is 1. The second-order valence-electron chi connectivity index (χ2n) is 0.886. The zero-order valence-corrected chi connectivity index (χ0v) is 3.47. The Morgan fingerprint density at radius 3 is 2.14 bits per heavy atom. The molecule has 0 spiro atoms. The summed E-state index contributed by atoms with van der Waals surface area (Å²) in [6.45, 7) is 2.85. The van der Waals surface area contributed by atoms with Gasteiger partial charge in [-0.1, -0.05) is 6.58 Å². The Bertz CT molecular complexity index is 114. The van der Waals surface area contributed by atoms with Crippen molar-refractivity contribution in [1.29, 1.82) is 0 Å². The van der Waals surface area contributed by atoms with Gasteiger partial charge in [-0.05, 0) is 0 Å². The van der Waals surface area contributed by atoms with E-state index in [-0.39, 0.29) is 0 Å². The van der Waals surface area contributed by atoms with E-state index in [9.17, 15) is 9.59 Å². The van der Waals surface area contributed by atoms with Crippen LogP contribution in [-0.2, 0) is 9.59 Å². The molecule has 0 aromatic heterocycles. The van der Waals surface area contributed by atoms with Crippen molar-refractivity contribution in [1.82, 2.24) is 0 Å². The Hall–Kier alpha value is -1.12. The van der Waals surface area contributed by atoms with Crippen LogP contribution >= 0.6 is 0 Å². The van der Waals surface area contributed by atoms with E-state index in [4.69, 9.17) is 5.11 Å².